The molecule has 0 aromatic heterocycles. The van der Waals surface area contributed by atoms with Gasteiger partial charge in [-0.25, -0.2) is 4.39 Å². The average molecular weight is 397 g/mol. The molecule has 0 radical (unpaired) electrons. The van der Waals surface area contributed by atoms with E-state index in [0.29, 0.717) is 17.8 Å². The van der Waals surface area contributed by atoms with Gasteiger partial charge in [-0.3, -0.25) is 0 Å². The monoisotopic (exact) mass is 396 g/mol. The van der Waals surface area contributed by atoms with Crippen molar-refractivity contribution in [2.45, 2.75) is 71.0 Å². The minimum Gasteiger partial charge on any atom is -0.393 e. The number of hydrogen-bond acceptors (Lipinski definition) is 2. The van der Waals surface area contributed by atoms with E-state index in [1.165, 1.54) is 24.1 Å². The summed E-state index contributed by atoms with van der Waals surface area (Å²) in [7, 11) is 0. The highest BCUT2D eigenvalue weighted by atomic mass is 19.1. The van der Waals surface area contributed by atoms with Crippen LogP contribution < -0.4 is 0 Å². The van der Waals surface area contributed by atoms with Crippen molar-refractivity contribution in [1.82, 2.24) is 0 Å². The van der Waals surface area contributed by atoms with Gasteiger partial charge in [-0.2, -0.15) is 0 Å². The number of allylic oxidation sites excluding steroid dienone is 1. The van der Waals surface area contributed by atoms with E-state index in [0.717, 1.165) is 49.7 Å². The second-order valence-corrected chi connectivity index (χ2v) is 10.6. The van der Waals surface area contributed by atoms with Crippen LogP contribution in [0.15, 0.2) is 41.5 Å². The smallest absolute Gasteiger partial charge is 0.123 e. The van der Waals surface area contributed by atoms with E-state index in [2.05, 4.69) is 26.0 Å². The lowest BCUT2D eigenvalue weighted by atomic mass is 9.48. The summed E-state index contributed by atoms with van der Waals surface area (Å²) < 4.78 is 13.3. The van der Waals surface area contributed by atoms with Crippen LogP contribution in [-0.4, -0.2) is 22.4 Å². The molecule has 0 saturated heterocycles. The molecule has 0 amide bonds. The maximum atomic E-state index is 13.3. The van der Waals surface area contributed by atoms with E-state index in [1.54, 1.807) is 12.1 Å². The lowest BCUT2D eigenvalue weighted by Gasteiger charge is -2.57. The summed E-state index contributed by atoms with van der Waals surface area (Å²) in [6.07, 6.45) is 11.0. The molecule has 2 N–H and O–H groups in total. The second kappa shape index (κ2) is 6.78. The van der Waals surface area contributed by atoms with Gasteiger partial charge in [0.15, 0.2) is 0 Å². The first-order valence-corrected chi connectivity index (χ1v) is 11.3. The van der Waals surface area contributed by atoms with Crippen LogP contribution in [0.5, 0.6) is 0 Å². The van der Waals surface area contributed by atoms with E-state index in [4.69, 9.17) is 0 Å². The van der Waals surface area contributed by atoms with Crippen LogP contribution in [0.3, 0.4) is 0 Å². The first kappa shape index (κ1) is 19.5. The molecule has 0 spiro atoms. The Morgan fingerprint density at radius 2 is 1.76 bits per heavy atom. The summed E-state index contributed by atoms with van der Waals surface area (Å²) in [6.45, 7) is 4.72. The first-order valence-electron chi connectivity index (χ1n) is 11.3. The summed E-state index contributed by atoms with van der Waals surface area (Å²) in [5, 5.41) is 21.5. The van der Waals surface area contributed by atoms with Crippen molar-refractivity contribution in [3.05, 3.63) is 52.9 Å². The fraction of sp³-hybridized carbons (Fsp3) is 0.615. The number of hydrogen-bond donors (Lipinski definition) is 2. The largest absolute Gasteiger partial charge is 0.393 e. The van der Waals surface area contributed by atoms with Crippen LogP contribution in [0.1, 0.15) is 64.4 Å². The molecule has 3 fully saturated rings. The molecule has 2 nitrogen and oxygen atoms in total. The Labute approximate surface area is 173 Å². The van der Waals surface area contributed by atoms with Crippen LogP contribution in [0.2, 0.25) is 0 Å². The molecule has 7 atom stereocenters. The van der Waals surface area contributed by atoms with Crippen LogP contribution in [-0.2, 0) is 0 Å². The quantitative estimate of drug-likeness (QED) is 0.615. The Morgan fingerprint density at radius 1 is 1.00 bits per heavy atom. The summed E-state index contributed by atoms with van der Waals surface area (Å²) in [4.78, 5) is 0. The first-order chi connectivity index (χ1) is 13.8. The Balaban J connectivity index is 1.46. The molecular weight excluding hydrogens is 363 g/mol. The molecule has 4 aliphatic carbocycles. The van der Waals surface area contributed by atoms with Crippen molar-refractivity contribution < 1.29 is 14.6 Å². The molecule has 3 heteroatoms. The van der Waals surface area contributed by atoms with Crippen LogP contribution in [0.25, 0.3) is 6.08 Å². The second-order valence-electron chi connectivity index (χ2n) is 10.6. The fourth-order valence-corrected chi connectivity index (χ4v) is 7.41. The van der Waals surface area contributed by atoms with Gasteiger partial charge in [0.2, 0.25) is 0 Å². The van der Waals surface area contributed by atoms with Gasteiger partial charge in [0, 0.05) is 5.41 Å². The van der Waals surface area contributed by atoms with E-state index in [1.807, 2.05) is 0 Å². The molecule has 156 valence electrons. The lowest BCUT2D eigenvalue weighted by Crippen LogP contribution is -2.51. The molecular formula is C26H33FO2. The molecule has 0 unspecified atom stereocenters. The predicted molar refractivity (Wildman–Crippen MR) is 113 cm³/mol. The summed E-state index contributed by atoms with van der Waals surface area (Å²) >= 11 is 0. The summed E-state index contributed by atoms with van der Waals surface area (Å²) in [6, 6.07) is 6.58. The number of benzene rings is 1. The molecule has 4 aliphatic rings. The zero-order valence-electron chi connectivity index (χ0n) is 17.6. The average Bonchev–Trinajstić information content (AvgIpc) is 2.95. The number of fused-ring (bicyclic) bond motifs is 5. The topological polar surface area (TPSA) is 40.5 Å². The van der Waals surface area contributed by atoms with Crippen molar-refractivity contribution >= 4 is 6.08 Å². The molecule has 0 heterocycles. The highest BCUT2D eigenvalue weighted by Crippen LogP contribution is 2.65. The van der Waals surface area contributed by atoms with E-state index < -0.39 is 6.10 Å². The summed E-state index contributed by atoms with van der Waals surface area (Å²) in [5.41, 5.74) is 3.73. The number of aliphatic hydroxyl groups excluding tert-OH is 2. The number of aliphatic hydroxyl groups is 2. The van der Waals surface area contributed by atoms with E-state index in [-0.39, 0.29) is 22.8 Å². The van der Waals surface area contributed by atoms with Crippen LogP contribution in [0.4, 0.5) is 4.39 Å². The van der Waals surface area contributed by atoms with Gasteiger partial charge in [0.05, 0.1) is 12.2 Å². The molecule has 1 aromatic rings. The van der Waals surface area contributed by atoms with Gasteiger partial charge in [-0.1, -0.05) is 43.7 Å². The van der Waals surface area contributed by atoms with Gasteiger partial charge >= 0.3 is 0 Å². The van der Waals surface area contributed by atoms with Crippen molar-refractivity contribution in [1.29, 1.82) is 0 Å². The highest BCUT2D eigenvalue weighted by molar-refractivity contribution is 5.55. The van der Waals surface area contributed by atoms with Gasteiger partial charge in [0.1, 0.15) is 5.82 Å². The minimum atomic E-state index is -0.412. The normalized spacial score (nSPS) is 45.3. The Morgan fingerprint density at radius 3 is 2.52 bits per heavy atom. The van der Waals surface area contributed by atoms with E-state index >= 15 is 0 Å². The van der Waals surface area contributed by atoms with Gasteiger partial charge < -0.3 is 10.2 Å². The zero-order chi connectivity index (χ0) is 20.4. The molecule has 1 aromatic carbocycles. The summed E-state index contributed by atoms with van der Waals surface area (Å²) in [5.74, 6) is 1.53. The predicted octanol–water partition coefficient (Wildman–Crippen LogP) is 5.50. The standard InChI is InChI=1S/C26H33FO2/c1-25-11-9-20(28)15-18(25)5-8-21-22(25)10-12-26(2)23(21)14-17(24(26)29)13-16-3-6-19(27)7-4-16/h3-7,13,20-24,28-29H,8-12,14-15H2,1-2H3/b17-13+/t20-,21+,22-,23-,24+,25-,26-/m0/s1. The third-order valence-electron chi connectivity index (χ3n) is 9.17. The molecule has 0 bridgehead atoms. The molecule has 29 heavy (non-hydrogen) atoms. The van der Waals surface area contributed by atoms with Crippen molar-refractivity contribution in [2.75, 3.05) is 0 Å². The number of halogens is 1. The fourth-order valence-electron chi connectivity index (χ4n) is 7.41. The SMILES string of the molecule is C[C@]12CC[C@H]3[C@@H](CC=C4C[C@@H](O)CC[C@@]43C)[C@@H]1C/C(=C\c1ccc(F)cc1)[C@H]2O. The van der Waals surface area contributed by atoms with E-state index in [9.17, 15) is 14.6 Å². The van der Waals surface area contributed by atoms with Gasteiger partial charge in [0.25, 0.3) is 0 Å². The van der Waals surface area contributed by atoms with Gasteiger partial charge in [-0.05, 0) is 91.4 Å². The maximum Gasteiger partial charge on any atom is 0.123 e. The van der Waals surface area contributed by atoms with Crippen LogP contribution >= 0.6 is 0 Å². The molecule has 0 aliphatic heterocycles. The highest BCUT2D eigenvalue weighted by Gasteiger charge is 2.59. The van der Waals surface area contributed by atoms with Gasteiger partial charge in [-0.15, -0.1) is 0 Å². The molecule has 3 saturated carbocycles. The number of rotatable bonds is 1. The molecule has 5 rings (SSSR count). The Bertz CT molecular complexity index is 856. The van der Waals surface area contributed by atoms with Crippen molar-refractivity contribution in [2.24, 2.45) is 28.6 Å². The van der Waals surface area contributed by atoms with Crippen molar-refractivity contribution in [3.8, 4) is 0 Å². The zero-order valence-corrected chi connectivity index (χ0v) is 17.6. The third kappa shape index (κ3) is 2.96. The Kier molecular flexibility index (Phi) is 4.56. The third-order valence-corrected chi connectivity index (χ3v) is 9.17. The minimum absolute atomic E-state index is 0.0666. The van der Waals surface area contributed by atoms with Crippen molar-refractivity contribution in [3.63, 3.8) is 0 Å². The lowest BCUT2D eigenvalue weighted by molar-refractivity contribution is -0.0685. The maximum absolute atomic E-state index is 13.3. The Hall–Kier alpha value is -1.45. The van der Waals surface area contributed by atoms with Crippen LogP contribution in [0, 0.1) is 34.4 Å².